The molecule has 1 aromatic heterocycles. The van der Waals surface area contributed by atoms with Gasteiger partial charge in [-0.3, -0.25) is 9.59 Å². The Morgan fingerprint density at radius 2 is 1.75 bits per heavy atom. The fourth-order valence-corrected chi connectivity index (χ4v) is 1.48. The van der Waals surface area contributed by atoms with Crippen molar-refractivity contribution in [1.29, 1.82) is 0 Å². The quantitative estimate of drug-likeness (QED) is 0.776. The summed E-state index contributed by atoms with van der Waals surface area (Å²) in [5, 5.41) is 11.2. The summed E-state index contributed by atoms with van der Waals surface area (Å²) in [6, 6.07) is 7.04. The third-order valence-corrected chi connectivity index (χ3v) is 2.50. The minimum absolute atomic E-state index is 0.112. The first-order chi connectivity index (χ1) is 9.47. The van der Waals surface area contributed by atoms with Crippen LogP contribution in [0.3, 0.4) is 0 Å². The number of hydrogen-bond donors (Lipinski definition) is 3. The van der Waals surface area contributed by atoms with Crippen LogP contribution in [0.15, 0.2) is 41.0 Å². The van der Waals surface area contributed by atoms with Crippen molar-refractivity contribution in [2.24, 2.45) is 5.73 Å². The van der Waals surface area contributed by atoms with Gasteiger partial charge >= 0.3 is 5.97 Å². The summed E-state index contributed by atoms with van der Waals surface area (Å²) >= 11 is 0. The Labute approximate surface area is 113 Å². The van der Waals surface area contributed by atoms with Crippen molar-refractivity contribution in [3.05, 3.63) is 53.5 Å². The molecule has 20 heavy (non-hydrogen) atoms. The second-order valence-electron chi connectivity index (χ2n) is 3.90. The molecular formula is C13H10N2O5. The zero-order valence-electron chi connectivity index (χ0n) is 10.1. The number of hydrogen-bond acceptors (Lipinski definition) is 4. The highest BCUT2D eigenvalue weighted by Crippen LogP contribution is 2.13. The van der Waals surface area contributed by atoms with Crippen LogP contribution in [0, 0.1) is 0 Å². The van der Waals surface area contributed by atoms with Crippen molar-refractivity contribution < 1.29 is 23.9 Å². The third kappa shape index (κ3) is 2.83. The van der Waals surface area contributed by atoms with E-state index in [2.05, 4.69) is 5.32 Å². The zero-order valence-corrected chi connectivity index (χ0v) is 10.1. The van der Waals surface area contributed by atoms with Crippen molar-refractivity contribution >= 4 is 23.5 Å². The lowest BCUT2D eigenvalue weighted by Crippen LogP contribution is -2.13. The molecule has 2 aromatic rings. The summed E-state index contributed by atoms with van der Waals surface area (Å²) < 4.78 is 4.85. The van der Waals surface area contributed by atoms with E-state index in [-0.39, 0.29) is 11.3 Å². The van der Waals surface area contributed by atoms with Crippen molar-refractivity contribution in [2.75, 3.05) is 5.32 Å². The Kier molecular flexibility index (Phi) is 3.52. The van der Waals surface area contributed by atoms with E-state index in [1.807, 2.05) is 0 Å². The van der Waals surface area contributed by atoms with E-state index in [0.29, 0.717) is 11.3 Å². The van der Waals surface area contributed by atoms with Crippen LogP contribution in [0.4, 0.5) is 5.69 Å². The van der Waals surface area contributed by atoms with E-state index in [1.54, 1.807) is 0 Å². The summed E-state index contributed by atoms with van der Waals surface area (Å²) in [7, 11) is 0. The number of benzene rings is 1. The number of carboxylic acids is 1. The Hall–Kier alpha value is -3.09. The molecule has 0 aliphatic carbocycles. The lowest BCUT2D eigenvalue weighted by atomic mass is 10.2. The first-order valence-corrected chi connectivity index (χ1v) is 5.50. The number of carboxylic acid groups (broad SMARTS) is 1. The van der Waals surface area contributed by atoms with Crippen molar-refractivity contribution in [3.8, 4) is 0 Å². The fourth-order valence-electron chi connectivity index (χ4n) is 1.48. The van der Waals surface area contributed by atoms with Gasteiger partial charge in [-0.1, -0.05) is 0 Å². The zero-order chi connectivity index (χ0) is 14.7. The maximum Gasteiger partial charge on any atom is 0.338 e. The molecule has 102 valence electrons. The summed E-state index contributed by atoms with van der Waals surface area (Å²) in [6.07, 6.45) is 0.980. The summed E-state index contributed by atoms with van der Waals surface area (Å²) in [5.74, 6) is -2.47. The predicted octanol–water partition coefficient (Wildman–Crippen LogP) is 1.33. The summed E-state index contributed by atoms with van der Waals surface area (Å²) in [6.45, 7) is 0. The van der Waals surface area contributed by atoms with Gasteiger partial charge in [0.05, 0.1) is 5.56 Å². The monoisotopic (exact) mass is 274 g/mol. The molecule has 0 unspecified atom stereocenters. The van der Waals surface area contributed by atoms with Gasteiger partial charge < -0.3 is 20.6 Å². The number of primary amides is 1. The molecule has 0 saturated heterocycles. The molecular weight excluding hydrogens is 264 g/mol. The molecule has 0 fully saturated rings. The number of anilines is 1. The number of amides is 2. The number of nitrogens with two attached hydrogens (primary N) is 1. The lowest BCUT2D eigenvalue weighted by molar-refractivity contribution is 0.0695. The lowest BCUT2D eigenvalue weighted by Gasteiger charge is -2.03. The van der Waals surface area contributed by atoms with Crippen LogP contribution in [0.5, 0.6) is 0 Å². The van der Waals surface area contributed by atoms with E-state index in [4.69, 9.17) is 15.3 Å². The highest BCUT2D eigenvalue weighted by molar-refractivity contribution is 6.04. The maximum absolute atomic E-state index is 11.8. The van der Waals surface area contributed by atoms with Crippen LogP contribution in [0.25, 0.3) is 0 Å². The number of furan rings is 1. The highest BCUT2D eigenvalue weighted by Gasteiger charge is 2.14. The van der Waals surface area contributed by atoms with Gasteiger partial charge in [0.15, 0.2) is 5.76 Å². The molecule has 0 saturated carbocycles. The second kappa shape index (κ2) is 5.27. The highest BCUT2D eigenvalue weighted by atomic mass is 16.4. The Bertz CT molecular complexity index is 672. The van der Waals surface area contributed by atoms with Gasteiger partial charge in [-0.05, 0) is 24.3 Å². The van der Waals surface area contributed by atoms with Crippen LogP contribution >= 0.6 is 0 Å². The van der Waals surface area contributed by atoms with Gasteiger partial charge in [0.1, 0.15) is 6.26 Å². The second-order valence-corrected chi connectivity index (χ2v) is 3.90. The number of aromatic carboxylic acids is 1. The average Bonchev–Trinajstić information content (AvgIpc) is 2.89. The Morgan fingerprint density at radius 1 is 1.10 bits per heavy atom. The van der Waals surface area contributed by atoms with Crippen LogP contribution in [-0.4, -0.2) is 22.9 Å². The van der Waals surface area contributed by atoms with E-state index in [9.17, 15) is 14.4 Å². The molecule has 7 nitrogen and oxygen atoms in total. The van der Waals surface area contributed by atoms with Crippen LogP contribution in [0.2, 0.25) is 0 Å². The number of nitrogens with one attached hydrogen (secondary N) is 1. The van der Waals surface area contributed by atoms with Gasteiger partial charge in [0.25, 0.3) is 5.91 Å². The Morgan fingerprint density at radius 3 is 2.25 bits per heavy atom. The molecule has 0 aliphatic rings. The SMILES string of the molecule is NC(=O)c1ccc(NC(=O)c2cc(C(=O)O)co2)cc1. The van der Waals surface area contributed by atoms with Gasteiger partial charge in [0.2, 0.25) is 5.91 Å². The van der Waals surface area contributed by atoms with E-state index in [0.717, 1.165) is 12.3 Å². The molecule has 7 heteroatoms. The summed E-state index contributed by atoms with van der Waals surface area (Å²) in [4.78, 5) is 33.3. The minimum atomic E-state index is -1.18. The first kappa shape index (κ1) is 13.3. The van der Waals surface area contributed by atoms with Gasteiger partial charge in [0, 0.05) is 17.3 Å². The molecule has 1 aromatic carbocycles. The summed E-state index contributed by atoms with van der Waals surface area (Å²) in [5.41, 5.74) is 5.72. The molecule has 0 bridgehead atoms. The molecule has 0 atom stereocenters. The molecule has 1 heterocycles. The van der Waals surface area contributed by atoms with E-state index >= 15 is 0 Å². The van der Waals surface area contributed by atoms with Crippen molar-refractivity contribution in [1.82, 2.24) is 0 Å². The Balaban J connectivity index is 2.10. The van der Waals surface area contributed by atoms with E-state index in [1.165, 1.54) is 24.3 Å². The molecule has 2 amide bonds. The largest absolute Gasteiger partial charge is 0.478 e. The molecule has 2 rings (SSSR count). The molecule has 0 spiro atoms. The van der Waals surface area contributed by atoms with Gasteiger partial charge in [-0.25, -0.2) is 4.79 Å². The van der Waals surface area contributed by atoms with Crippen molar-refractivity contribution in [3.63, 3.8) is 0 Å². The minimum Gasteiger partial charge on any atom is -0.478 e. The number of carbonyl (C=O) groups is 3. The van der Waals surface area contributed by atoms with Gasteiger partial charge in [-0.15, -0.1) is 0 Å². The molecule has 0 aliphatic heterocycles. The smallest absolute Gasteiger partial charge is 0.338 e. The van der Waals surface area contributed by atoms with Gasteiger partial charge in [-0.2, -0.15) is 0 Å². The fraction of sp³-hybridized carbons (Fsp3) is 0. The number of carbonyl (C=O) groups excluding carboxylic acids is 2. The van der Waals surface area contributed by atoms with E-state index < -0.39 is 17.8 Å². The topological polar surface area (TPSA) is 123 Å². The standard InChI is InChI=1S/C13H10N2O5/c14-11(16)7-1-3-9(4-2-7)15-12(17)10-5-8(6-20-10)13(18)19/h1-6H,(H2,14,16)(H,15,17)(H,18,19). The van der Waals surface area contributed by atoms with Crippen LogP contribution in [0.1, 0.15) is 31.3 Å². The third-order valence-electron chi connectivity index (χ3n) is 2.50. The van der Waals surface area contributed by atoms with Crippen LogP contribution in [-0.2, 0) is 0 Å². The normalized spacial score (nSPS) is 10.0. The van der Waals surface area contributed by atoms with Crippen LogP contribution < -0.4 is 11.1 Å². The predicted molar refractivity (Wildman–Crippen MR) is 68.6 cm³/mol. The maximum atomic E-state index is 11.8. The first-order valence-electron chi connectivity index (χ1n) is 5.50. The molecule has 0 radical (unpaired) electrons. The average molecular weight is 274 g/mol. The molecule has 4 N–H and O–H groups in total. The number of rotatable bonds is 4. The van der Waals surface area contributed by atoms with Crippen molar-refractivity contribution in [2.45, 2.75) is 0 Å².